The van der Waals surface area contributed by atoms with E-state index in [0.29, 0.717) is 0 Å². The molecule has 76 valence electrons. The van der Waals surface area contributed by atoms with Crippen molar-refractivity contribution >= 4 is 12.0 Å². The average Bonchev–Trinajstić information content (AvgIpc) is 2.26. The summed E-state index contributed by atoms with van der Waals surface area (Å²) in [6, 6.07) is 5.41. The van der Waals surface area contributed by atoms with Crippen LogP contribution in [0.25, 0.3) is 6.08 Å². The zero-order chi connectivity index (χ0) is 11.3. The van der Waals surface area contributed by atoms with Crippen molar-refractivity contribution in [3.8, 4) is 6.07 Å². The molecule has 0 fully saturated rings. The summed E-state index contributed by atoms with van der Waals surface area (Å²) < 4.78 is 0. The van der Waals surface area contributed by atoms with Crippen LogP contribution in [-0.4, -0.2) is 29.9 Å². The van der Waals surface area contributed by atoms with E-state index in [-0.39, 0.29) is 11.5 Å². The minimum absolute atomic E-state index is 0.105. The van der Waals surface area contributed by atoms with Gasteiger partial charge in [-0.05, 0) is 17.7 Å². The number of aromatic nitrogens is 1. The third-order valence-corrected chi connectivity index (χ3v) is 1.75. The van der Waals surface area contributed by atoms with E-state index >= 15 is 0 Å². The van der Waals surface area contributed by atoms with Crippen LogP contribution in [0.4, 0.5) is 0 Å². The highest BCUT2D eigenvalue weighted by Crippen LogP contribution is 2.06. The fourth-order valence-corrected chi connectivity index (χ4v) is 1.01. The number of nitriles is 1. The lowest BCUT2D eigenvalue weighted by molar-refractivity contribution is -0.124. The van der Waals surface area contributed by atoms with Crippen molar-refractivity contribution in [2.45, 2.75) is 0 Å². The molecule has 0 atom stereocenters. The van der Waals surface area contributed by atoms with Crippen molar-refractivity contribution in [2.75, 3.05) is 14.1 Å². The molecule has 0 unspecified atom stereocenters. The molecule has 0 aliphatic rings. The van der Waals surface area contributed by atoms with Gasteiger partial charge in [-0.1, -0.05) is 6.07 Å². The molecule has 0 N–H and O–H groups in total. The zero-order valence-corrected chi connectivity index (χ0v) is 8.64. The monoisotopic (exact) mass is 201 g/mol. The van der Waals surface area contributed by atoms with Crippen LogP contribution in [0.5, 0.6) is 0 Å². The van der Waals surface area contributed by atoms with Gasteiger partial charge in [-0.3, -0.25) is 9.78 Å². The van der Waals surface area contributed by atoms with Crippen LogP contribution in [0, 0.1) is 11.3 Å². The summed E-state index contributed by atoms with van der Waals surface area (Å²) in [4.78, 5) is 16.8. The van der Waals surface area contributed by atoms with E-state index in [2.05, 4.69) is 4.98 Å². The van der Waals surface area contributed by atoms with Crippen LogP contribution < -0.4 is 0 Å². The van der Waals surface area contributed by atoms with Gasteiger partial charge < -0.3 is 4.90 Å². The van der Waals surface area contributed by atoms with Crippen molar-refractivity contribution in [2.24, 2.45) is 0 Å². The lowest BCUT2D eigenvalue weighted by atomic mass is 10.1. The Morgan fingerprint density at radius 1 is 1.60 bits per heavy atom. The topological polar surface area (TPSA) is 57.0 Å². The van der Waals surface area contributed by atoms with Crippen molar-refractivity contribution in [1.82, 2.24) is 9.88 Å². The van der Waals surface area contributed by atoms with Gasteiger partial charge in [-0.15, -0.1) is 0 Å². The van der Waals surface area contributed by atoms with E-state index < -0.39 is 0 Å². The predicted molar refractivity (Wildman–Crippen MR) is 56.5 cm³/mol. The molecule has 0 bridgehead atoms. The van der Waals surface area contributed by atoms with Gasteiger partial charge in [0.15, 0.2) is 0 Å². The van der Waals surface area contributed by atoms with Gasteiger partial charge in [0.25, 0.3) is 5.91 Å². The maximum atomic E-state index is 11.5. The molecule has 0 aromatic carbocycles. The Morgan fingerprint density at radius 3 is 2.80 bits per heavy atom. The second kappa shape index (κ2) is 4.91. The molecule has 0 spiro atoms. The number of amides is 1. The van der Waals surface area contributed by atoms with Crippen LogP contribution in [0.15, 0.2) is 30.1 Å². The Labute approximate surface area is 88.5 Å². The summed E-state index contributed by atoms with van der Waals surface area (Å²) in [5.74, 6) is -0.304. The molecule has 1 amide bonds. The van der Waals surface area contributed by atoms with Gasteiger partial charge in [0.1, 0.15) is 11.6 Å². The minimum Gasteiger partial charge on any atom is -0.344 e. The van der Waals surface area contributed by atoms with Crippen molar-refractivity contribution in [3.63, 3.8) is 0 Å². The van der Waals surface area contributed by atoms with E-state index in [1.54, 1.807) is 38.6 Å². The van der Waals surface area contributed by atoms with E-state index in [0.717, 1.165) is 5.56 Å². The molecule has 1 heterocycles. The number of pyridine rings is 1. The molecule has 1 aromatic rings. The Balaban J connectivity index is 3.00. The number of rotatable bonds is 2. The van der Waals surface area contributed by atoms with Gasteiger partial charge in [0.05, 0.1) is 0 Å². The number of hydrogen-bond donors (Lipinski definition) is 0. The maximum absolute atomic E-state index is 11.5. The van der Waals surface area contributed by atoms with Crippen molar-refractivity contribution in [1.29, 1.82) is 5.26 Å². The highest BCUT2D eigenvalue weighted by molar-refractivity contribution is 6.01. The summed E-state index contributed by atoms with van der Waals surface area (Å²) >= 11 is 0. The highest BCUT2D eigenvalue weighted by Gasteiger charge is 2.10. The minimum atomic E-state index is -0.304. The van der Waals surface area contributed by atoms with Crippen LogP contribution >= 0.6 is 0 Å². The average molecular weight is 201 g/mol. The Kier molecular flexibility index (Phi) is 3.58. The fraction of sp³-hybridized carbons (Fsp3) is 0.182. The second-order valence-electron chi connectivity index (χ2n) is 3.16. The molecule has 1 aromatic heterocycles. The van der Waals surface area contributed by atoms with Gasteiger partial charge in [0, 0.05) is 26.5 Å². The third-order valence-electron chi connectivity index (χ3n) is 1.75. The molecule has 4 heteroatoms. The largest absolute Gasteiger partial charge is 0.344 e. The number of carbonyl (C=O) groups is 1. The first-order valence-electron chi connectivity index (χ1n) is 4.38. The van der Waals surface area contributed by atoms with Gasteiger partial charge in [-0.2, -0.15) is 5.26 Å². The summed E-state index contributed by atoms with van der Waals surface area (Å²) in [7, 11) is 3.22. The molecule has 0 saturated carbocycles. The number of nitrogens with zero attached hydrogens (tertiary/aromatic N) is 3. The normalized spacial score (nSPS) is 10.6. The first-order valence-corrected chi connectivity index (χ1v) is 4.38. The first-order chi connectivity index (χ1) is 7.15. The van der Waals surface area contributed by atoms with Crippen molar-refractivity contribution in [3.05, 3.63) is 35.7 Å². The Bertz CT molecular complexity index is 415. The molecule has 0 aliphatic heterocycles. The fourth-order valence-electron chi connectivity index (χ4n) is 1.01. The number of hydrogen-bond acceptors (Lipinski definition) is 3. The Morgan fingerprint density at radius 2 is 2.33 bits per heavy atom. The lowest BCUT2D eigenvalue weighted by Crippen LogP contribution is -2.22. The summed E-state index contributed by atoms with van der Waals surface area (Å²) in [6.07, 6.45) is 4.76. The SMILES string of the molecule is CN(C)C(=O)/C(C#N)=C\c1cccnc1. The number of carbonyl (C=O) groups excluding carboxylic acids is 1. The third kappa shape index (κ3) is 2.92. The van der Waals surface area contributed by atoms with Gasteiger partial charge in [-0.25, -0.2) is 0 Å². The zero-order valence-electron chi connectivity index (χ0n) is 8.64. The van der Waals surface area contributed by atoms with E-state index in [9.17, 15) is 4.79 Å². The molecule has 1 rings (SSSR count). The van der Waals surface area contributed by atoms with Crippen LogP contribution in [0.2, 0.25) is 0 Å². The lowest BCUT2D eigenvalue weighted by Gasteiger charge is -2.08. The van der Waals surface area contributed by atoms with Gasteiger partial charge in [0.2, 0.25) is 0 Å². The molecule has 4 nitrogen and oxygen atoms in total. The summed E-state index contributed by atoms with van der Waals surface area (Å²) in [5, 5.41) is 8.82. The first kappa shape index (κ1) is 10.9. The molecule has 0 radical (unpaired) electrons. The van der Waals surface area contributed by atoms with E-state index in [1.165, 1.54) is 11.0 Å². The summed E-state index contributed by atoms with van der Waals surface area (Å²) in [6.45, 7) is 0. The number of likely N-dealkylation sites (N-methyl/N-ethyl adjacent to an activating group) is 1. The molecular weight excluding hydrogens is 190 g/mol. The molecule has 0 saturated heterocycles. The second-order valence-corrected chi connectivity index (χ2v) is 3.16. The smallest absolute Gasteiger partial charge is 0.264 e. The van der Waals surface area contributed by atoms with E-state index in [4.69, 9.17) is 5.26 Å². The quantitative estimate of drug-likeness (QED) is 0.531. The van der Waals surface area contributed by atoms with Gasteiger partial charge >= 0.3 is 0 Å². The molecule has 0 aliphatic carbocycles. The predicted octanol–water partition coefficient (Wildman–Crippen LogP) is 1.08. The van der Waals surface area contributed by atoms with E-state index in [1.807, 2.05) is 6.07 Å². The van der Waals surface area contributed by atoms with Crippen LogP contribution in [0.3, 0.4) is 0 Å². The molecule has 15 heavy (non-hydrogen) atoms. The molecular formula is C11H11N3O. The van der Waals surface area contributed by atoms with Crippen LogP contribution in [-0.2, 0) is 4.79 Å². The summed E-state index contributed by atoms with van der Waals surface area (Å²) in [5.41, 5.74) is 0.845. The Hall–Kier alpha value is -2.15. The maximum Gasteiger partial charge on any atom is 0.264 e. The highest BCUT2D eigenvalue weighted by atomic mass is 16.2. The van der Waals surface area contributed by atoms with Crippen molar-refractivity contribution < 1.29 is 4.79 Å². The standard InChI is InChI=1S/C11H11N3O/c1-14(2)11(15)10(7-12)6-9-4-3-5-13-8-9/h3-6,8H,1-2H3/b10-6-. The van der Waals surface area contributed by atoms with Crippen LogP contribution in [0.1, 0.15) is 5.56 Å².